The average molecular weight is 276 g/mol. The maximum absolute atomic E-state index is 12.1. The molecule has 0 saturated carbocycles. The second-order valence-electron chi connectivity index (χ2n) is 3.40. The maximum Gasteiger partial charge on any atom is 0.471 e. The average Bonchev–Trinajstić information content (AvgIpc) is 2.20. The molecule has 1 amide bonds. The quantitative estimate of drug-likeness (QED) is 0.480. The summed E-state index contributed by atoms with van der Waals surface area (Å²) in [5, 5.41) is 0. The molecule has 0 rings (SSSR count). The normalized spacial score (nSPS) is 11.9. The van der Waals surface area contributed by atoms with Crippen LogP contribution in [0.2, 0.25) is 0 Å². The van der Waals surface area contributed by atoms with Crippen molar-refractivity contribution in [1.82, 2.24) is 4.67 Å². The van der Waals surface area contributed by atoms with Gasteiger partial charge in [0.1, 0.15) is 0 Å². The van der Waals surface area contributed by atoms with Crippen LogP contribution in [0.25, 0.3) is 0 Å². The van der Waals surface area contributed by atoms with Crippen molar-refractivity contribution in [2.45, 2.75) is 31.9 Å². The topological polar surface area (TPSA) is 86.8 Å². The predicted octanol–water partition coefficient (Wildman–Crippen LogP) is 1.11. The van der Waals surface area contributed by atoms with Crippen molar-refractivity contribution in [2.24, 2.45) is 5.73 Å². The third-order valence-electron chi connectivity index (χ3n) is 2.02. The number of rotatable bonds is 7. The zero-order valence-corrected chi connectivity index (χ0v) is 10.0. The van der Waals surface area contributed by atoms with Crippen LogP contribution < -0.4 is 5.73 Å². The van der Waals surface area contributed by atoms with Crippen LogP contribution in [0.4, 0.5) is 13.2 Å². The molecule has 0 spiro atoms. The van der Waals surface area contributed by atoms with Gasteiger partial charge in [-0.1, -0.05) is 12.8 Å². The molecule has 0 aromatic heterocycles. The summed E-state index contributed by atoms with van der Waals surface area (Å²) in [5.41, 5.74) is 5.23. The highest BCUT2D eigenvalue weighted by Crippen LogP contribution is 2.34. The van der Waals surface area contributed by atoms with Gasteiger partial charge in [-0.2, -0.15) is 13.2 Å². The smallest absolute Gasteiger partial charge is 0.333 e. The molecule has 0 aliphatic heterocycles. The van der Waals surface area contributed by atoms with Gasteiger partial charge in [-0.3, -0.25) is 9.46 Å². The van der Waals surface area contributed by atoms with Gasteiger partial charge < -0.3 is 15.5 Å². The summed E-state index contributed by atoms with van der Waals surface area (Å²) in [5.74, 6) is -2.22. The molecule has 0 aromatic carbocycles. The van der Waals surface area contributed by atoms with E-state index in [0.29, 0.717) is 13.0 Å². The summed E-state index contributed by atoms with van der Waals surface area (Å²) in [7, 11) is -3.05. The van der Waals surface area contributed by atoms with E-state index in [1.165, 1.54) is 0 Å². The van der Waals surface area contributed by atoms with Gasteiger partial charge in [-0.25, -0.2) is 0 Å². The first-order valence-electron chi connectivity index (χ1n) is 5.07. The Balaban J connectivity index is 4.13. The Bertz CT molecular complexity index is 239. The van der Waals surface area contributed by atoms with Gasteiger partial charge in [0, 0.05) is 6.54 Å². The number of carbonyl (C=O) groups excluding carboxylic acids is 1. The van der Waals surface area contributed by atoms with Crippen LogP contribution in [0.1, 0.15) is 25.7 Å². The lowest BCUT2D eigenvalue weighted by atomic mass is 10.2. The minimum absolute atomic E-state index is 0.0534. The van der Waals surface area contributed by atoms with E-state index in [2.05, 4.69) is 0 Å². The molecule has 0 radical (unpaired) electrons. The molecule has 0 aliphatic rings. The Hall–Kier alpha value is -0.430. The second-order valence-corrected chi connectivity index (χ2v) is 4.42. The van der Waals surface area contributed by atoms with Crippen LogP contribution in [0.15, 0.2) is 0 Å². The van der Waals surface area contributed by atoms with E-state index >= 15 is 0 Å². The molecule has 0 heterocycles. The van der Waals surface area contributed by atoms with Gasteiger partial charge in [0.2, 0.25) is 0 Å². The standard InChI is InChI=1S/C8H16F3N2O3P/c9-8(10,11)7(14)13(17(15)16)6-4-2-1-3-5-12/h15-16H,1-6,12H2. The third kappa shape index (κ3) is 6.78. The molecule has 17 heavy (non-hydrogen) atoms. The summed E-state index contributed by atoms with van der Waals surface area (Å²) in [4.78, 5) is 28.3. The molecule has 0 atom stereocenters. The number of amides is 1. The molecule has 0 aliphatic carbocycles. The molecular formula is C8H16F3N2O3P. The Morgan fingerprint density at radius 1 is 1.18 bits per heavy atom. The van der Waals surface area contributed by atoms with E-state index < -0.39 is 20.6 Å². The molecule has 0 saturated heterocycles. The third-order valence-corrected chi connectivity index (χ3v) is 2.83. The molecule has 0 bridgehead atoms. The van der Waals surface area contributed by atoms with Crippen molar-refractivity contribution in [3.63, 3.8) is 0 Å². The van der Waals surface area contributed by atoms with Crippen LogP contribution >= 0.6 is 8.53 Å². The zero-order valence-electron chi connectivity index (χ0n) is 9.15. The van der Waals surface area contributed by atoms with E-state index in [-0.39, 0.29) is 17.6 Å². The highest BCUT2D eigenvalue weighted by molar-refractivity contribution is 7.43. The van der Waals surface area contributed by atoms with Crippen molar-refractivity contribution >= 4 is 14.4 Å². The number of halogens is 3. The first-order valence-corrected chi connectivity index (χ1v) is 6.27. The van der Waals surface area contributed by atoms with E-state index in [4.69, 9.17) is 15.5 Å². The van der Waals surface area contributed by atoms with Crippen molar-refractivity contribution in [1.29, 1.82) is 0 Å². The highest BCUT2D eigenvalue weighted by atomic mass is 31.2. The minimum Gasteiger partial charge on any atom is -0.333 e. The Morgan fingerprint density at radius 3 is 2.12 bits per heavy atom. The van der Waals surface area contributed by atoms with Crippen molar-refractivity contribution in [3.05, 3.63) is 0 Å². The van der Waals surface area contributed by atoms with Crippen molar-refractivity contribution in [3.8, 4) is 0 Å². The largest absolute Gasteiger partial charge is 0.471 e. The predicted molar refractivity (Wildman–Crippen MR) is 56.6 cm³/mol. The van der Waals surface area contributed by atoms with Crippen molar-refractivity contribution < 1.29 is 27.8 Å². The highest BCUT2D eigenvalue weighted by Gasteiger charge is 2.44. The number of carbonyl (C=O) groups is 1. The summed E-state index contributed by atoms with van der Waals surface area (Å²) in [6.07, 6.45) is -2.73. The number of hydrogen-bond acceptors (Lipinski definition) is 4. The van der Waals surface area contributed by atoms with Crippen LogP contribution in [0, 0.1) is 0 Å². The molecule has 0 unspecified atom stereocenters. The Morgan fingerprint density at radius 2 is 1.71 bits per heavy atom. The lowest BCUT2D eigenvalue weighted by Crippen LogP contribution is -2.38. The van der Waals surface area contributed by atoms with Gasteiger partial charge >= 0.3 is 12.1 Å². The van der Waals surface area contributed by atoms with E-state index in [1.54, 1.807) is 0 Å². The maximum atomic E-state index is 12.1. The molecule has 0 fully saturated rings. The number of unbranched alkanes of at least 4 members (excludes halogenated alkanes) is 3. The van der Waals surface area contributed by atoms with E-state index in [9.17, 15) is 18.0 Å². The molecule has 9 heteroatoms. The zero-order chi connectivity index (χ0) is 13.5. The summed E-state index contributed by atoms with van der Waals surface area (Å²) in [6.45, 7) is 0.180. The fraction of sp³-hybridized carbons (Fsp3) is 0.875. The van der Waals surface area contributed by atoms with Gasteiger partial charge in [-0.15, -0.1) is 0 Å². The molecule has 5 nitrogen and oxygen atoms in total. The molecular weight excluding hydrogens is 260 g/mol. The number of nitrogens with zero attached hydrogens (tertiary/aromatic N) is 1. The lowest BCUT2D eigenvalue weighted by molar-refractivity contribution is -0.180. The van der Waals surface area contributed by atoms with Crippen LogP contribution in [0.5, 0.6) is 0 Å². The fourth-order valence-electron chi connectivity index (χ4n) is 1.18. The summed E-state index contributed by atoms with van der Waals surface area (Å²) < 4.78 is 36.3. The number of alkyl halides is 3. The SMILES string of the molecule is NCCCCCCN(C(=O)C(F)(F)F)P(O)O. The fourth-order valence-corrected chi connectivity index (χ4v) is 1.77. The first-order chi connectivity index (χ1) is 7.80. The van der Waals surface area contributed by atoms with E-state index in [0.717, 1.165) is 12.8 Å². The molecule has 4 N–H and O–H groups in total. The van der Waals surface area contributed by atoms with Gasteiger partial charge in [0.25, 0.3) is 8.53 Å². The monoisotopic (exact) mass is 276 g/mol. The first kappa shape index (κ1) is 16.6. The second kappa shape index (κ2) is 7.81. The van der Waals surface area contributed by atoms with E-state index in [1.807, 2.05) is 0 Å². The van der Waals surface area contributed by atoms with Crippen LogP contribution in [-0.2, 0) is 4.79 Å². The van der Waals surface area contributed by atoms with Crippen LogP contribution in [0.3, 0.4) is 0 Å². The minimum atomic E-state index is -5.08. The summed E-state index contributed by atoms with van der Waals surface area (Å²) >= 11 is 0. The molecule has 102 valence electrons. The number of nitrogens with two attached hydrogens (primary N) is 1. The molecule has 0 aromatic rings. The van der Waals surface area contributed by atoms with Gasteiger partial charge in [-0.05, 0) is 19.4 Å². The Labute approximate surface area is 98.4 Å². The van der Waals surface area contributed by atoms with Gasteiger partial charge in [0.15, 0.2) is 0 Å². The van der Waals surface area contributed by atoms with Crippen molar-refractivity contribution in [2.75, 3.05) is 13.1 Å². The lowest BCUT2D eigenvalue weighted by Gasteiger charge is -2.23. The van der Waals surface area contributed by atoms with Crippen LogP contribution in [-0.4, -0.2) is 39.6 Å². The summed E-state index contributed by atoms with van der Waals surface area (Å²) in [6, 6.07) is 0. The Kier molecular flexibility index (Phi) is 7.61. The number of hydrogen-bond donors (Lipinski definition) is 3. The van der Waals surface area contributed by atoms with Gasteiger partial charge in [0.05, 0.1) is 0 Å².